The molecule has 0 bridgehead atoms. The van der Waals surface area contributed by atoms with E-state index < -0.39 is 20.7 Å². The minimum Gasteiger partial charge on any atom is -0.395 e. The SMILES string of the molecule is CN(C)NS(=O)(=O)c1cc(Cl)c(Br)c(N)c1F. The number of halogens is 3. The van der Waals surface area contributed by atoms with E-state index in [0.29, 0.717) is 0 Å². The summed E-state index contributed by atoms with van der Waals surface area (Å²) in [5.74, 6) is -1.05. The first-order chi connectivity index (χ1) is 7.66. The van der Waals surface area contributed by atoms with E-state index in [9.17, 15) is 12.8 Å². The average Bonchev–Trinajstić information content (AvgIpc) is 2.18. The van der Waals surface area contributed by atoms with Gasteiger partial charge in [-0.05, 0) is 22.0 Å². The van der Waals surface area contributed by atoms with Gasteiger partial charge < -0.3 is 5.73 Å². The van der Waals surface area contributed by atoms with Gasteiger partial charge in [0.2, 0.25) is 0 Å². The number of hydrogen-bond acceptors (Lipinski definition) is 4. The van der Waals surface area contributed by atoms with Crippen LogP contribution in [0.3, 0.4) is 0 Å². The predicted molar refractivity (Wildman–Crippen MR) is 67.5 cm³/mol. The van der Waals surface area contributed by atoms with Crippen molar-refractivity contribution in [2.24, 2.45) is 0 Å². The van der Waals surface area contributed by atoms with Crippen molar-refractivity contribution in [2.45, 2.75) is 4.90 Å². The second kappa shape index (κ2) is 5.07. The van der Waals surface area contributed by atoms with Crippen LogP contribution in [0.25, 0.3) is 0 Å². The minimum atomic E-state index is -4.04. The van der Waals surface area contributed by atoms with E-state index in [1.807, 2.05) is 0 Å². The quantitative estimate of drug-likeness (QED) is 0.495. The number of benzene rings is 1. The molecule has 0 spiro atoms. The van der Waals surface area contributed by atoms with E-state index in [1.54, 1.807) is 0 Å². The number of nitrogens with two attached hydrogens (primary N) is 1. The summed E-state index contributed by atoms with van der Waals surface area (Å²) in [5, 5.41) is 1.18. The van der Waals surface area contributed by atoms with Gasteiger partial charge in [-0.1, -0.05) is 11.6 Å². The highest BCUT2D eigenvalue weighted by molar-refractivity contribution is 9.10. The summed E-state index contributed by atoms with van der Waals surface area (Å²) in [6, 6.07) is 0.989. The maximum Gasteiger partial charge on any atom is 0.256 e. The summed E-state index contributed by atoms with van der Waals surface area (Å²) in [5.41, 5.74) is 5.05. The van der Waals surface area contributed by atoms with E-state index >= 15 is 0 Å². The molecular formula is C8H10BrClFN3O2S. The highest BCUT2D eigenvalue weighted by Gasteiger charge is 2.24. The Morgan fingerprint density at radius 1 is 1.53 bits per heavy atom. The fraction of sp³-hybridized carbons (Fsp3) is 0.250. The van der Waals surface area contributed by atoms with Crippen molar-refractivity contribution in [1.82, 2.24) is 9.84 Å². The van der Waals surface area contributed by atoms with Gasteiger partial charge in [0, 0.05) is 14.1 Å². The van der Waals surface area contributed by atoms with Crippen molar-refractivity contribution in [3.63, 3.8) is 0 Å². The lowest BCUT2D eigenvalue weighted by Crippen LogP contribution is -2.36. The van der Waals surface area contributed by atoms with Crippen LogP contribution < -0.4 is 10.6 Å². The second-order valence-electron chi connectivity index (χ2n) is 3.39. The van der Waals surface area contributed by atoms with E-state index in [-0.39, 0.29) is 15.2 Å². The molecular weight excluding hydrogens is 337 g/mol. The third-order valence-corrected chi connectivity index (χ3v) is 4.61. The van der Waals surface area contributed by atoms with Crippen molar-refractivity contribution in [1.29, 1.82) is 0 Å². The van der Waals surface area contributed by atoms with E-state index in [2.05, 4.69) is 20.8 Å². The van der Waals surface area contributed by atoms with Crippen LogP contribution in [0.1, 0.15) is 0 Å². The Labute approximate surface area is 112 Å². The molecule has 0 heterocycles. The Morgan fingerprint density at radius 2 is 2.06 bits per heavy atom. The zero-order valence-electron chi connectivity index (χ0n) is 8.96. The molecule has 17 heavy (non-hydrogen) atoms. The van der Waals surface area contributed by atoms with Gasteiger partial charge in [-0.3, -0.25) is 0 Å². The molecule has 3 N–H and O–H groups in total. The first-order valence-corrected chi connectivity index (χ1v) is 6.95. The normalized spacial score (nSPS) is 12.1. The van der Waals surface area contributed by atoms with Gasteiger partial charge in [-0.2, -0.15) is 0 Å². The minimum absolute atomic E-state index is 0.0167. The van der Waals surface area contributed by atoms with E-state index in [1.165, 1.54) is 19.1 Å². The van der Waals surface area contributed by atoms with Crippen LogP contribution in [0.15, 0.2) is 15.4 Å². The van der Waals surface area contributed by atoms with Gasteiger partial charge in [-0.25, -0.2) is 17.8 Å². The summed E-state index contributed by atoms with van der Waals surface area (Å²) in [7, 11) is -1.12. The molecule has 9 heteroatoms. The lowest BCUT2D eigenvalue weighted by Gasteiger charge is -2.14. The molecule has 0 amide bonds. The molecule has 0 saturated carbocycles. The van der Waals surface area contributed by atoms with Gasteiger partial charge in [0.1, 0.15) is 4.90 Å². The number of hydrogen-bond donors (Lipinski definition) is 2. The molecule has 0 saturated heterocycles. The van der Waals surface area contributed by atoms with Crippen LogP contribution in [0.2, 0.25) is 5.02 Å². The number of hydrazine groups is 1. The number of rotatable bonds is 3. The third-order valence-electron chi connectivity index (χ3n) is 1.75. The van der Waals surface area contributed by atoms with Crippen molar-refractivity contribution in [3.05, 3.63) is 21.4 Å². The summed E-state index contributed by atoms with van der Waals surface area (Å²) in [6.45, 7) is 0. The monoisotopic (exact) mass is 345 g/mol. The van der Waals surface area contributed by atoms with Crippen molar-refractivity contribution < 1.29 is 12.8 Å². The Bertz CT molecular complexity index is 550. The van der Waals surface area contributed by atoms with E-state index in [0.717, 1.165) is 6.07 Å². The van der Waals surface area contributed by atoms with Crippen LogP contribution >= 0.6 is 27.5 Å². The molecule has 0 aliphatic rings. The molecule has 0 fully saturated rings. The van der Waals surface area contributed by atoms with Crippen molar-refractivity contribution >= 4 is 43.2 Å². The zero-order chi connectivity index (χ0) is 13.4. The Balaban J connectivity index is 3.43. The number of nitrogens with one attached hydrogen (secondary N) is 1. The summed E-state index contributed by atoms with van der Waals surface area (Å²) >= 11 is 8.69. The molecule has 96 valence electrons. The van der Waals surface area contributed by atoms with Gasteiger partial charge in [-0.15, -0.1) is 4.83 Å². The topological polar surface area (TPSA) is 75.4 Å². The lowest BCUT2D eigenvalue weighted by atomic mass is 10.3. The molecule has 1 rings (SSSR count). The van der Waals surface area contributed by atoms with Crippen molar-refractivity contribution in [2.75, 3.05) is 19.8 Å². The maximum absolute atomic E-state index is 13.7. The lowest BCUT2D eigenvalue weighted by molar-refractivity contribution is 0.363. The fourth-order valence-electron chi connectivity index (χ4n) is 1.08. The Kier molecular flexibility index (Phi) is 4.37. The first kappa shape index (κ1) is 14.7. The third kappa shape index (κ3) is 3.08. The van der Waals surface area contributed by atoms with Crippen LogP contribution in [0.4, 0.5) is 10.1 Å². The first-order valence-electron chi connectivity index (χ1n) is 4.29. The summed E-state index contributed by atoms with van der Waals surface area (Å²) in [4.78, 5) is 1.49. The number of anilines is 1. The molecule has 0 unspecified atom stereocenters. The largest absolute Gasteiger partial charge is 0.395 e. The van der Waals surface area contributed by atoms with Crippen molar-refractivity contribution in [3.8, 4) is 0 Å². The zero-order valence-corrected chi connectivity index (χ0v) is 12.1. The number of nitrogens with zero attached hydrogens (tertiary/aromatic N) is 1. The smallest absolute Gasteiger partial charge is 0.256 e. The van der Waals surface area contributed by atoms with E-state index in [4.69, 9.17) is 17.3 Å². The maximum atomic E-state index is 13.7. The van der Waals surface area contributed by atoms with Crippen LogP contribution in [-0.2, 0) is 10.0 Å². The predicted octanol–water partition coefficient (Wildman–Crippen LogP) is 1.58. The van der Waals surface area contributed by atoms with Gasteiger partial charge in [0.05, 0.1) is 15.2 Å². The highest BCUT2D eigenvalue weighted by atomic mass is 79.9. The molecule has 0 aliphatic heterocycles. The molecule has 1 aromatic rings. The highest BCUT2D eigenvalue weighted by Crippen LogP contribution is 2.34. The Morgan fingerprint density at radius 3 is 2.53 bits per heavy atom. The van der Waals surface area contributed by atoms with Gasteiger partial charge in [0.25, 0.3) is 10.0 Å². The van der Waals surface area contributed by atoms with Crippen LogP contribution in [0.5, 0.6) is 0 Å². The molecule has 1 aromatic carbocycles. The Hall–Kier alpha value is -0.410. The number of sulfonamides is 1. The molecule has 0 atom stereocenters. The molecule has 0 radical (unpaired) electrons. The van der Waals surface area contributed by atoms with Crippen LogP contribution in [-0.4, -0.2) is 27.5 Å². The molecule has 5 nitrogen and oxygen atoms in total. The summed E-state index contributed by atoms with van der Waals surface area (Å²) < 4.78 is 37.4. The second-order valence-corrected chi connectivity index (χ2v) is 6.22. The average molecular weight is 347 g/mol. The number of nitrogen functional groups attached to an aromatic ring is 1. The molecule has 0 aromatic heterocycles. The molecule has 0 aliphatic carbocycles. The standard InChI is InChI=1S/C8H10BrClFN3O2S/c1-14(2)13-17(15,16)5-3-4(10)6(9)8(12)7(5)11/h3,13H,12H2,1-2H3. The summed E-state index contributed by atoms with van der Waals surface area (Å²) in [6.07, 6.45) is 0. The fourth-order valence-corrected chi connectivity index (χ4v) is 2.85. The van der Waals surface area contributed by atoms with Gasteiger partial charge >= 0.3 is 0 Å². The van der Waals surface area contributed by atoms with Gasteiger partial charge in [0.15, 0.2) is 5.82 Å². The van der Waals surface area contributed by atoms with Crippen LogP contribution in [0, 0.1) is 5.82 Å².